The van der Waals surface area contributed by atoms with Gasteiger partial charge in [-0.25, -0.2) is 9.78 Å². The second kappa shape index (κ2) is 6.21. The second-order valence-corrected chi connectivity index (χ2v) is 4.71. The molecule has 110 valence electrons. The zero-order valence-corrected chi connectivity index (χ0v) is 11.9. The Balaban J connectivity index is 2.05. The number of carboxylic acids is 1. The van der Waals surface area contributed by atoms with E-state index in [4.69, 9.17) is 9.52 Å². The molecule has 0 fully saturated rings. The van der Waals surface area contributed by atoms with Gasteiger partial charge < -0.3 is 14.4 Å². The highest BCUT2D eigenvalue weighted by Crippen LogP contribution is 2.12. The van der Waals surface area contributed by atoms with Crippen molar-refractivity contribution < 1.29 is 19.1 Å². The van der Waals surface area contributed by atoms with Crippen LogP contribution in [0, 0.1) is 6.92 Å². The third kappa shape index (κ3) is 3.28. The summed E-state index contributed by atoms with van der Waals surface area (Å²) in [5.41, 5.74) is 1.49. The number of carbonyl (C=O) groups is 2. The van der Waals surface area contributed by atoms with Crippen LogP contribution in [0.4, 0.5) is 0 Å². The van der Waals surface area contributed by atoms with E-state index in [1.807, 2.05) is 0 Å². The maximum absolute atomic E-state index is 12.1. The summed E-state index contributed by atoms with van der Waals surface area (Å²) in [4.78, 5) is 28.6. The maximum atomic E-state index is 12.1. The monoisotopic (exact) mass is 288 g/mol. The molecular formula is C15H16N2O4. The molecule has 6 heteroatoms. The number of amides is 1. The topological polar surface area (TPSA) is 83.6 Å². The third-order valence-corrected chi connectivity index (χ3v) is 3.25. The molecule has 0 saturated heterocycles. The molecule has 0 unspecified atom stereocenters. The Morgan fingerprint density at radius 3 is 2.67 bits per heavy atom. The SMILES string of the molecule is Cc1ncoc1C(=O)N(C)CCc1ccccc1C(=O)O. The summed E-state index contributed by atoms with van der Waals surface area (Å²) in [5, 5.41) is 9.12. The van der Waals surface area contributed by atoms with E-state index in [-0.39, 0.29) is 17.2 Å². The van der Waals surface area contributed by atoms with Crippen LogP contribution in [0.5, 0.6) is 0 Å². The number of aromatic nitrogens is 1. The highest BCUT2D eigenvalue weighted by molar-refractivity contribution is 5.92. The van der Waals surface area contributed by atoms with E-state index < -0.39 is 5.97 Å². The standard InChI is InChI=1S/C15H16N2O4/c1-10-13(21-9-16-10)14(18)17(2)8-7-11-5-3-4-6-12(11)15(19)20/h3-6,9H,7-8H2,1-2H3,(H,19,20). The molecule has 0 bridgehead atoms. The van der Waals surface area contributed by atoms with Gasteiger partial charge in [-0.3, -0.25) is 4.79 Å². The lowest BCUT2D eigenvalue weighted by molar-refractivity contribution is 0.0695. The second-order valence-electron chi connectivity index (χ2n) is 4.71. The largest absolute Gasteiger partial charge is 0.478 e. The van der Waals surface area contributed by atoms with Crippen LogP contribution in [0.15, 0.2) is 35.1 Å². The predicted molar refractivity (Wildman–Crippen MR) is 75.3 cm³/mol. The van der Waals surface area contributed by atoms with Crippen molar-refractivity contribution in [3.05, 3.63) is 53.2 Å². The number of hydrogen-bond acceptors (Lipinski definition) is 4. The van der Waals surface area contributed by atoms with Crippen LogP contribution in [0.1, 0.15) is 32.2 Å². The summed E-state index contributed by atoms with van der Waals surface area (Å²) in [7, 11) is 1.65. The van der Waals surface area contributed by atoms with Crippen molar-refractivity contribution in [1.82, 2.24) is 9.88 Å². The van der Waals surface area contributed by atoms with Crippen LogP contribution in [-0.4, -0.2) is 40.5 Å². The Hall–Kier alpha value is -2.63. The first-order valence-corrected chi connectivity index (χ1v) is 6.47. The van der Waals surface area contributed by atoms with Gasteiger partial charge in [-0.2, -0.15) is 0 Å². The van der Waals surface area contributed by atoms with Crippen LogP contribution < -0.4 is 0 Å². The molecule has 1 aromatic carbocycles. The van der Waals surface area contributed by atoms with Gasteiger partial charge >= 0.3 is 5.97 Å². The van der Waals surface area contributed by atoms with Crippen molar-refractivity contribution in [3.63, 3.8) is 0 Å². The fraction of sp³-hybridized carbons (Fsp3) is 0.267. The van der Waals surface area contributed by atoms with E-state index in [0.717, 1.165) is 0 Å². The first kappa shape index (κ1) is 14.8. The van der Waals surface area contributed by atoms with Gasteiger partial charge in [0.1, 0.15) is 0 Å². The van der Waals surface area contributed by atoms with Crippen molar-refractivity contribution in [3.8, 4) is 0 Å². The van der Waals surface area contributed by atoms with Gasteiger partial charge in [0.05, 0.1) is 11.3 Å². The van der Waals surface area contributed by atoms with Gasteiger partial charge in [-0.15, -0.1) is 0 Å². The van der Waals surface area contributed by atoms with Gasteiger partial charge in [-0.1, -0.05) is 18.2 Å². The number of carbonyl (C=O) groups excluding carboxylic acids is 1. The average molecular weight is 288 g/mol. The van der Waals surface area contributed by atoms with Crippen molar-refractivity contribution in [2.75, 3.05) is 13.6 Å². The lowest BCUT2D eigenvalue weighted by atomic mass is 10.0. The molecule has 1 N–H and O–H groups in total. The average Bonchev–Trinajstić information content (AvgIpc) is 2.90. The number of hydrogen-bond donors (Lipinski definition) is 1. The highest BCUT2D eigenvalue weighted by Gasteiger charge is 2.19. The molecule has 1 aromatic heterocycles. The summed E-state index contributed by atoms with van der Waals surface area (Å²) in [6, 6.07) is 6.77. The number of carboxylic acid groups (broad SMARTS) is 1. The zero-order valence-electron chi connectivity index (χ0n) is 11.9. The van der Waals surface area contributed by atoms with Gasteiger partial charge in [0.2, 0.25) is 5.76 Å². The molecule has 2 aromatic rings. The molecule has 1 amide bonds. The predicted octanol–water partition coefficient (Wildman–Crippen LogP) is 2.00. The highest BCUT2D eigenvalue weighted by atomic mass is 16.4. The Morgan fingerprint density at radius 1 is 1.33 bits per heavy atom. The minimum atomic E-state index is -0.967. The quantitative estimate of drug-likeness (QED) is 0.909. The molecular weight excluding hydrogens is 272 g/mol. The molecule has 0 atom stereocenters. The molecule has 0 radical (unpaired) electrons. The Labute approximate surface area is 122 Å². The molecule has 0 saturated carbocycles. The van der Waals surface area contributed by atoms with E-state index in [9.17, 15) is 9.59 Å². The number of nitrogens with zero attached hydrogens (tertiary/aromatic N) is 2. The first-order valence-electron chi connectivity index (χ1n) is 6.47. The van der Waals surface area contributed by atoms with E-state index in [0.29, 0.717) is 24.2 Å². The normalized spacial score (nSPS) is 10.4. The van der Waals surface area contributed by atoms with E-state index in [2.05, 4.69) is 4.98 Å². The van der Waals surface area contributed by atoms with Crippen molar-refractivity contribution >= 4 is 11.9 Å². The summed E-state index contributed by atoms with van der Waals surface area (Å²) in [5.74, 6) is -1.02. The van der Waals surface area contributed by atoms with Crippen molar-refractivity contribution in [1.29, 1.82) is 0 Å². The number of oxazole rings is 1. The lowest BCUT2D eigenvalue weighted by Gasteiger charge is -2.16. The van der Waals surface area contributed by atoms with Gasteiger partial charge in [0, 0.05) is 13.6 Å². The van der Waals surface area contributed by atoms with Crippen LogP contribution in [0.25, 0.3) is 0 Å². The number of aryl methyl sites for hydroxylation is 1. The summed E-state index contributed by atoms with van der Waals surface area (Å²) < 4.78 is 5.06. The number of benzene rings is 1. The third-order valence-electron chi connectivity index (χ3n) is 3.25. The lowest BCUT2D eigenvalue weighted by Crippen LogP contribution is -2.29. The van der Waals surface area contributed by atoms with Crippen LogP contribution in [0.2, 0.25) is 0 Å². The molecule has 0 aliphatic rings. The number of rotatable bonds is 5. The van der Waals surface area contributed by atoms with Gasteiger partial charge in [-0.05, 0) is 25.0 Å². The van der Waals surface area contributed by atoms with Crippen molar-refractivity contribution in [2.45, 2.75) is 13.3 Å². The fourth-order valence-corrected chi connectivity index (χ4v) is 2.02. The van der Waals surface area contributed by atoms with E-state index >= 15 is 0 Å². The Bertz CT molecular complexity index is 663. The maximum Gasteiger partial charge on any atom is 0.335 e. The molecule has 2 rings (SSSR count). The first-order chi connectivity index (χ1) is 10.0. The minimum Gasteiger partial charge on any atom is -0.478 e. The van der Waals surface area contributed by atoms with Crippen LogP contribution in [0.3, 0.4) is 0 Å². The Kier molecular flexibility index (Phi) is 4.37. The molecule has 6 nitrogen and oxygen atoms in total. The smallest absolute Gasteiger partial charge is 0.335 e. The summed E-state index contributed by atoms with van der Waals surface area (Å²) in [6.45, 7) is 2.09. The number of aromatic carboxylic acids is 1. The van der Waals surface area contributed by atoms with E-state index in [1.165, 1.54) is 11.3 Å². The molecule has 0 aliphatic carbocycles. The van der Waals surface area contributed by atoms with Crippen molar-refractivity contribution in [2.24, 2.45) is 0 Å². The summed E-state index contributed by atoms with van der Waals surface area (Å²) >= 11 is 0. The van der Waals surface area contributed by atoms with Crippen LogP contribution >= 0.6 is 0 Å². The molecule has 1 heterocycles. The van der Waals surface area contributed by atoms with Crippen LogP contribution in [-0.2, 0) is 6.42 Å². The van der Waals surface area contributed by atoms with Gasteiger partial charge in [0.25, 0.3) is 5.91 Å². The number of likely N-dealkylation sites (N-methyl/N-ethyl adjacent to an activating group) is 1. The minimum absolute atomic E-state index is 0.212. The zero-order chi connectivity index (χ0) is 15.4. The van der Waals surface area contributed by atoms with Gasteiger partial charge in [0.15, 0.2) is 6.39 Å². The molecule has 21 heavy (non-hydrogen) atoms. The molecule has 0 spiro atoms. The Morgan fingerprint density at radius 2 is 2.05 bits per heavy atom. The van der Waals surface area contributed by atoms with E-state index in [1.54, 1.807) is 38.2 Å². The molecule has 0 aliphatic heterocycles. The summed E-state index contributed by atoms with van der Waals surface area (Å²) in [6.07, 6.45) is 1.69. The fourth-order valence-electron chi connectivity index (χ4n) is 2.02.